The molecule has 0 amide bonds. The van der Waals surface area contributed by atoms with Crippen LogP contribution in [0, 0.1) is 0 Å². The van der Waals surface area contributed by atoms with Gasteiger partial charge < -0.3 is 4.74 Å². The van der Waals surface area contributed by atoms with E-state index in [1.54, 1.807) is 0 Å². The van der Waals surface area contributed by atoms with Crippen LogP contribution >= 0.6 is 0 Å². The van der Waals surface area contributed by atoms with Gasteiger partial charge in [-0.25, -0.2) is 5.43 Å². The van der Waals surface area contributed by atoms with Crippen LogP contribution in [0.15, 0.2) is 11.8 Å². The molecule has 1 rings (SSSR count). The highest BCUT2D eigenvalue weighted by Crippen LogP contribution is 2.18. The molecular formula is C13H26N2O. The third-order valence-electron chi connectivity index (χ3n) is 3.12. The van der Waals surface area contributed by atoms with E-state index in [2.05, 4.69) is 18.4 Å². The van der Waals surface area contributed by atoms with E-state index in [4.69, 9.17) is 10.6 Å². The van der Waals surface area contributed by atoms with Crippen LogP contribution in [0.5, 0.6) is 0 Å². The molecule has 1 heterocycles. The molecule has 1 aliphatic heterocycles. The first-order chi connectivity index (χ1) is 7.88. The number of rotatable bonds is 9. The van der Waals surface area contributed by atoms with Gasteiger partial charge in [-0.05, 0) is 12.5 Å². The largest absolute Gasteiger partial charge is 0.496 e. The maximum absolute atomic E-state index is 5.54. The van der Waals surface area contributed by atoms with E-state index in [1.807, 2.05) is 0 Å². The SMILES string of the molecule is CCCCCCCCC(NN)C1=CCCO1. The first-order valence-electron chi connectivity index (χ1n) is 6.67. The highest BCUT2D eigenvalue weighted by molar-refractivity contribution is 5.06. The van der Waals surface area contributed by atoms with Crippen LogP contribution in [0.25, 0.3) is 0 Å². The molecule has 16 heavy (non-hydrogen) atoms. The van der Waals surface area contributed by atoms with Gasteiger partial charge in [0.15, 0.2) is 0 Å². The lowest BCUT2D eigenvalue weighted by Gasteiger charge is -2.16. The number of unbranched alkanes of at least 4 members (excludes halogenated alkanes) is 5. The Bertz CT molecular complexity index is 204. The number of ether oxygens (including phenoxy) is 1. The molecule has 0 bridgehead atoms. The van der Waals surface area contributed by atoms with E-state index in [1.165, 1.54) is 38.5 Å². The van der Waals surface area contributed by atoms with Crippen LogP contribution < -0.4 is 11.3 Å². The molecule has 0 aromatic rings. The summed E-state index contributed by atoms with van der Waals surface area (Å²) in [4.78, 5) is 0. The summed E-state index contributed by atoms with van der Waals surface area (Å²) in [5.74, 6) is 6.60. The fourth-order valence-corrected chi connectivity index (χ4v) is 2.12. The zero-order valence-electron chi connectivity index (χ0n) is 10.5. The Labute approximate surface area is 99.4 Å². The summed E-state index contributed by atoms with van der Waals surface area (Å²) in [6, 6.07) is 0.230. The minimum Gasteiger partial charge on any atom is -0.496 e. The second-order valence-electron chi connectivity index (χ2n) is 4.52. The van der Waals surface area contributed by atoms with Gasteiger partial charge in [-0.1, -0.05) is 45.4 Å². The van der Waals surface area contributed by atoms with E-state index in [9.17, 15) is 0 Å². The van der Waals surface area contributed by atoms with Crippen molar-refractivity contribution in [2.24, 2.45) is 5.84 Å². The van der Waals surface area contributed by atoms with E-state index >= 15 is 0 Å². The number of nitrogens with two attached hydrogens (primary N) is 1. The first-order valence-corrected chi connectivity index (χ1v) is 6.67. The number of hydrogen-bond acceptors (Lipinski definition) is 3. The van der Waals surface area contributed by atoms with Crippen LogP contribution in [0.1, 0.15) is 58.3 Å². The minimum absolute atomic E-state index is 0.230. The molecule has 0 aromatic carbocycles. The maximum atomic E-state index is 5.54. The van der Waals surface area contributed by atoms with Crippen molar-refractivity contribution < 1.29 is 4.74 Å². The summed E-state index contributed by atoms with van der Waals surface area (Å²) in [7, 11) is 0. The molecule has 0 saturated heterocycles. The molecule has 0 aliphatic carbocycles. The third kappa shape index (κ3) is 4.99. The summed E-state index contributed by atoms with van der Waals surface area (Å²) in [6.45, 7) is 3.07. The normalized spacial score (nSPS) is 17.0. The second kappa shape index (κ2) is 8.59. The monoisotopic (exact) mass is 226 g/mol. The molecule has 0 fully saturated rings. The fourth-order valence-electron chi connectivity index (χ4n) is 2.12. The quantitative estimate of drug-likeness (QED) is 0.361. The third-order valence-corrected chi connectivity index (χ3v) is 3.12. The summed E-state index contributed by atoms with van der Waals surface area (Å²) in [5, 5.41) is 0. The lowest BCUT2D eigenvalue weighted by molar-refractivity contribution is 0.210. The first kappa shape index (κ1) is 13.5. The van der Waals surface area contributed by atoms with Crippen molar-refractivity contribution in [1.82, 2.24) is 5.43 Å². The average Bonchev–Trinajstić information content (AvgIpc) is 2.82. The summed E-state index contributed by atoms with van der Waals surface area (Å²) >= 11 is 0. The van der Waals surface area contributed by atoms with Crippen molar-refractivity contribution in [3.63, 3.8) is 0 Å². The number of hydrazine groups is 1. The van der Waals surface area contributed by atoms with E-state index in [-0.39, 0.29) is 6.04 Å². The molecule has 1 atom stereocenters. The Morgan fingerprint density at radius 1 is 1.31 bits per heavy atom. The van der Waals surface area contributed by atoms with Crippen LogP contribution in [0.3, 0.4) is 0 Å². The summed E-state index contributed by atoms with van der Waals surface area (Å²) < 4.78 is 5.52. The molecule has 1 aliphatic rings. The highest BCUT2D eigenvalue weighted by Gasteiger charge is 2.16. The van der Waals surface area contributed by atoms with Crippen LogP contribution in [-0.4, -0.2) is 12.6 Å². The van der Waals surface area contributed by atoms with Gasteiger partial charge in [-0.2, -0.15) is 0 Å². The zero-order valence-corrected chi connectivity index (χ0v) is 10.5. The van der Waals surface area contributed by atoms with Crippen molar-refractivity contribution in [2.45, 2.75) is 64.3 Å². The van der Waals surface area contributed by atoms with Crippen molar-refractivity contribution >= 4 is 0 Å². The van der Waals surface area contributed by atoms with Crippen molar-refractivity contribution in [3.8, 4) is 0 Å². The molecule has 3 N–H and O–H groups in total. The van der Waals surface area contributed by atoms with Crippen LogP contribution in [-0.2, 0) is 4.74 Å². The van der Waals surface area contributed by atoms with Gasteiger partial charge in [0.1, 0.15) is 5.76 Å². The van der Waals surface area contributed by atoms with Crippen molar-refractivity contribution in [2.75, 3.05) is 6.61 Å². The van der Waals surface area contributed by atoms with E-state index in [0.29, 0.717) is 0 Å². The zero-order chi connectivity index (χ0) is 11.6. The predicted octanol–water partition coefficient (Wildman–Crippen LogP) is 2.87. The van der Waals surface area contributed by atoms with Gasteiger partial charge in [0.2, 0.25) is 0 Å². The van der Waals surface area contributed by atoms with Crippen LogP contribution in [0.2, 0.25) is 0 Å². The van der Waals surface area contributed by atoms with Gasteiger partial charge in [0.25, 0.3) is 0 Å². The molecule has 3 heteroatoms. The topological polar surface area (TPSA) is 47.3 Å². The average molecular weight is 226 g/mol. The molecule has 0 spiro atoms. The van der Waals surface area contributed by atoms with E-state index in [0.717, 1.165) is 25.2 Å². The lowest BCUT2D eigenvalue weighted by atomic mass is 10.0. The van der Waals surface area contributed by atoms with E-state index < -0.39 is 0 Å². The van der Waals surface area contributed by atoms with Crippen molar-refractivity contribution in [3.05, 3.63) is 11.8 Å². The Kier molecular flexibility index (Phi) is 7.26. The minimum atomic E-state index is 0.230. The number of hydrogen-bond donors (Lipinski definition) is 2. The van der Waals surface area contributed by atoms with Gasteiger partial charge in [0, 0.05) is 6.42 Å². The highest BCUT2D eigenvalue weighted by atomic mass is 16.5. The molecule has 0 radical (unpaired) electrons. The van der Waals surface area contributed by atoms with Crippen molar-refractivity contribution in [1.29, 1.82) is 0 Å². The molecule has 94 valence electrons. The predicted molar refractivity (Wildman–Crippen MR) is 67.8 cm³/mol. The molecule has 1 unspecified atom stereocenters. The Morgan fingerprint density at radius 3 is 2.69 bits per heavy atom. The lowest BCUT2D eigenvalue weighted by Crippen LogP contribution is -2.36. The molecular weight excluding hydrogens is 200 g/mol. The summed E-state index contributed by atoms with van der Waals surface area (Å²) in [5.41, 5.74) is 2.85. The van der Waals surface area contributed by atoms with Gasteiger partial charge in [-0.15, -0.1) is 0 Å². The van der Waals surface area contributed by atoms with Gasteiger partial charge in [0.05, 0.1) is 12.6 Å². The smallest absolute Gasteiger partial charge is 0.110 e. The maximum Gasteiger partial charge on any atom is 0.110 e. The molecule has 0 aromatic heterocycles. The van der Waals surface area contributed by atoms with Gasteiger partial charge >= 0.3 is 0 Å². The number of nitrogens with one attached hydrogen (secondary N) is 1. The Balaban J connectivity index is 2.05. The molecule has 3 nitrogen and oxygen atoms in total. The Hall–Kier alpha value is -0.540. The van der Waals surface area contributed by atoms with Crippen LogP contribution in [0.4, 0.5) is 0 Å². The second-order valence-corrected chi connectivity index (χ2v) is 4.52. The summed E-state index contributed by atoms with van der Waals surface area (Å²) in [6.07, 6.45) is 12.2. The standard InChI is InChI=1S/C13H26N2O/c1-2-3-4-5-6-7-9-12(15-14)13-10-8-11-16-13/h10,12,15H,2-9,11,14H2,1H3. The molecule has 0 saturated carbocycles. The Morgan fingerprint density at radius 2 is 2.06 bits per heavy atom. The fraction of sp³-hybridized carbons (Fsp3) is 0.846. The van der Waals surface area contributed by atoms with Gasteiger partial charge in [-0.3, -0.25) is 5.84 Å².